The second-order valence-corrected chi connectivity index (χ2v) is 8.62. The summed E-state index contributed by atoms with van der Waals surface area (Å²) in [5.74, 6) is -2.97. The molecule has 34 heavy (non-hydrogen) atoms. The van der Waals surface area contributed by atoms with E-state index >= 15 is 4.39 Å². The van der Waals surface area contributed by atoms with E-state index in [1.807, 2.05) is 0 Å². The van der Waals surface area contributed by atoms with Crippen molar-refractivity contribution in [2.24, 2.45) is 0 Å². The first-order valence-electron chi connectivity index (χ1n) is 10.9. The van der Waals surface area contributed by atoms with E-state index < -0.39 is 17.2 Å². The number of carbonyl (C=O) groups excluding carboxylic acids is 1. The summed E-state index contributed by atoms with van der Waals surface area (Å²) in [7, 11) is 0. The van der Waals surface area contributed by atoms with Gasteiger partial charge in [-0.25, -0.2) is 9.18 Å². The van der Waals surface area contributed by atoms with Gasteiger partial charge in [-0.3, -0.25) is 9.59 Å². The Hall–Kier alpha value is -4.08. The van der Waals surface area contributed by atoms with Gasteiger partial charge < -0.3 is 29.7 Å². The van der Waals surface area contributed by atoms with Gasteiger partial charge in [0.05, 0.1) is 11.2 Å². The molecule has 2 aliphatic rings. The van der Waals surface area contributed by atoms with Gasteiger partial charge in [-0.15, -0.1) is 0 Å². The van der Waals surface area contributed by atoms with Gasteiger partial charge in [-0.05, 0) is 43.2 Å². The van der Waals surface area contributed by atoms with E-state index in [2.05, 4.69) is 0 Å². The molecule has 1 saturated carbocycles. The van der Waals surface area contributed by atoms with Gasteiger partial charge in [0.25, 0.3) is 5.91 Å². The lowest BCUT2D eigenvalue weighted by molar-refractivity contribution is 0.0693. The predicted molar refractivity (Wildman–Crippen MR) is 121 cm³/mol. The molecule has 0 atom stereocenters. The van der Waals surface area contributed by atoms with Crippen LogP contribution in [0.25, 0.3) is 10.9 Å². The summed E-state index contributed by atoms with van der Waals surface area (Å²) in [4.78, 5) is 40.3. The maximum Gasteiger partial charge on any atom is 0.341 e. The van der Waals surface area contributed by atoms with E-state index in [0.717, 1.165) is 18.9 Å². The molecule has 3 N–H and O–H groups in total. The van der Waals surface area contributed by atoms with E-state index in [-0.39, 0.29) is 40.0 Å². The van der Waals surface area contributed by atoms with Crippen molar-refractivity contribution in [1.82, 2.24) is 9.47 Å². The summed E-state index contributed by atoms with van der Waals surface area (Å²) in [6.45, 7) is 1.31. The van der Waals surface area contributed by atoms with Crippen LogP contribution in [-0.2, 0) is 0 Å². The molecule has 1 aromatic heterocycles. The Bertz CT molecular complexity index is 1390. The molecule has 1 saturated heterocycles. The molecule has 2 aromatic carbocycles. The van der Waals surface area contributed by atoms with Gasteiger partial charge in [0.15, 0.2) is 11.5 Å². The van der Waals surface area contributed by atoms with E-state index in [1.165, 1.54) is 24.4 Å². The SMILES string of the molecule is O=C(O)c1cn(C2CC2)c2cc(N3CCN(C(=O)c4ccc(O)c(O)c4)CC3)c(F)cc2c1=O. The van der Waals surface area contributed by atoms with Gasteiger partial charge >= 0.3 is 5.97 Å². The number of piperazine rings is 1. The van der Waals surface area contributed by atoms with Crippen LogP contribution in [0.3, 0.4) is 0 Å². The molecule has 1 aliphatic heterocycles. The van der Waals surface area contributed by atoms with Crippen LogP contribution in [-0.4, -0.2) is 62.8 Å². The molecular weight excluding hydrogens is 445 g/mol. The molecule has 176 valence electrons. The number of phenolic OH excluding ortho intramolecular Hbond substituents is 2. The lowest BCUT2D eigenvalue weighted by atomic mass is 10.1. The van der Waals surface area contributed by atoms with E-state index in [1.54, 1.807) is 20.4 Å². The van der Waals surface area contributed by atoms with Crippen molar-refractivity contribution in [3.8, 4) is 11.5 Å². The van der Waals surface area contributed by atoms with Crippen molar-refractivity contribution in [3.05, 3.63) is 63.7 Å². The number of anilines is 1. The summed E-state index contributed by atoms with van der Waals surface area (Å²) in [5.41, 5.74) is -0.0644. The molecule has 10 heteroatoms. The first-order chi connectivity index (χ1) is 16.2. The number of aromatic hydroxyl groups is 2. The van der Waals surface area contributed by atoms with Gasteiger partial charge in [0.1, 0.15) is 11.4 Å². The van der Waals surface area contributed by atoms with Crippen LogP contribution in [0.5, 0.6) is 11.5 Å². The topological polar surface area (TPSA) is 123 Å². The maximum atomic E-state index is 15.1. The number of halogens is 1. The smallest absolute Gasteiger partial charge is 0.341 e. The van der Waals surface area contributed by atoms with Crippen LogP contribution < -0.4 is 10.3 Å². The zero-order valence-electron chi connectivity index (χ0n) is 18.1. The summed E-state index contributed by atoms with van der Waals surface area (Å²) in [6, 6.07) is 6.65. The highest BCUT2D eigenvalue weighted by Crippen LogP contribution is 2.38. The number of pyridine rings is 1. The number of hydrogen-bond acceptors (Lipinski definition) is 6. The van der Waals surface area contributed by atoms with Gasteiger partial charge in [-0.2, -0.15) is 0 Å². The number of rotatable bonds is 4. The number of fused-ring (bicyclic) bond motifs is 1. The Morgan fingerprint density at radius 3 is 2.29 bits per heavy atom. The summed E-state index contributed by atoms with van der Waals surface area (Å²) in [6.07, 6.45) is 3.06. The first kappa shape index (κ1) is 21.7. The Kier molecular flexibility index (Phi) is 5.15. The molecule has 1 aliphatic carbocycles. The summed E-state index contributed by atoms with van der Waals surface area (Å²) in [5, 5.41) is 28.5. The van der Waals surface area contributed by atoms with Crippen molar-refractivity contribution in [3.63, 3.8) is 0 Å². The lowest BCUT2D eigenvalue weighted by Crippen LogP contribution is -2.49. The molecule has 2 fully saturated rings. The Balaban J connectivity index is 1.42. The van der Waals surface area contributed by atoms with Crippen LogP contribution in [0.1, 0.15) is 39.6 Å². The Labute approximate surface area is 192 Å². The minimum atomic E-state index is -1.34. The zero-order chi connectivity index (χ0) is 24.1. The van der Waals surface area contributed by atoms with Gasteiger partial charge in [0.2, 0.25) is 5.43 Å². The van der Waals surface area contributed by atoms with Crippen LogP contribution in [0.2, 0.25) is 0 Å². The van der Waals surface area contributed by atoms with Crippen molar-refractivity contribution >= 4 is 28.5 Å². The molecule has 0 radical (unpaired) electrons. The van der Waals surface area contributed by atoms with Gasteiger partial charge in [0, 0.05) is 49.4 Å². The third kappa shape index (κ3) is 3.70. The molecule has 5 rings (SSSR count). The predicted octanol–water partition coefficient (Wildman–Crippen LogP) is 2.55. The molecule has 0 bridgehead atoms. The fraction of sp³-hybridized carbons (Fsp3) is 0.292. The van der Waals surface area contributed by atoms with Crippen molar-refractivity contribution in [2.45, 2.75) is 18.9 Å². The standard InChI is InChI=1S/C24H22FN3O6/c25-17-10-15-18(28(14-2-3-14)12-16(22(15)31)24(33)34)11-19(17)26-5-7-27(8-6-26)23(32)13-1-4-20(29)21(30)9-13/h1,4,9-12,14,29-30H,2-3,5-8H2,(H,33,34). The fourth-order valence-electron chi connectivity index (χ4n) is 4.40. The Morgan fingerprint density at radius 1 is 0.971 bits per heavy atom. The van der Waals surface area contributed by atoms with Crippen molar-refractivity contribution < 1.29 is 29.3 Å². The number of carboxylic acid groups (broad SMARTS) is 1. The number of carboxylic acids is 1. The van der Waals surface area contributed by atoms with E-state index in [9.17, 15) is 29.7 Å². The van der Waals surface area contributed by atoms with Crippen LogP contribution in [0.15, 0.2) is 41.3 Å². The van der Waals surface area contributed by atoms with Crippen LogP contribution in [0, 0.1) is 5.82 Å². The highest BCUT2D eigenvalue weighted by molar-refractivity contribution is 5.95. The highest BCUT2D eigenvalue weighted by Gasteiger charge is 2.29. The molecule has 0 spiro atoms. The minimum Gasteiger partial charge on any atom is -0.504 e. The number of carbonyl (C=O) groups is 2. The normalized spacial score (nSPS) is 16.1. The average Bonchev–Trinajstić information content (AvgIpc) is 3.66. The third-order valence-electron chi connectivity index (χ3n) is 6.40. The molecule has 1 amide bonds. The van der Waals surface area contributed by atoms with Crippen LogP contribution in [0.4, 0.5) is 10.1 Å². The summed E-state index contributed by atoms with van der Waals surface area (Å²) < 4.78 is 16.8. The van der Waals surface area contributed by atoms with E-state index in [0.29, 0.717) is 37.4 Å². The number of amides is 1. The van der Waals surface area contributed by atoms with Crippen LogP contribution >= 0.6 is 0 Å². The Morgan fingerprint density at radius 2 is 1.68 bits per heavy atom. The molecule has 3 aromatic rings. The maximum absolute atomic E-state index is 15.1. The minimum absolute atomic E-state index is 0.0361. The number of benzene rings is 2. The number of aromatic carboxylic acids is 1. The molecule has 2 heterocycles. The number of aromatic nitrogens is 1. The average molecular weight is 467 g/mol. The summed E-state index contributed by atoms with van der Waals surface area (Å²) >= 11 is 0. The second-order valence-electron chi connectivity index (χ2n) is 8.62. The third-order valence-corrected chi connectivity index (χ3v) is 6.40. The number of phenols is 2. The largest absolute Gasteiger partial charge is 0.504 e. The monoisotopic (exact) mass is 467 g/mol. The number of hydrogen-bond donors (Lipinski definition) is 3. The quantitative estimate of drug-likeness (QED) is 0.504. The van der Waals surface area contributed by atoms with Gasteiger partial charge in [-0.1, -0.05) is 0 Å². The first-order valence-corrected chi connectivity index (χ1v) is 10.9. The molecular formula is C24H22FN3O6. The highest BCUT2D eigenvalue weighted by atomic mass is 19.1. The molecule has 9 nitrogen and oxygen atoms in total. The fourth-order valence-corrected chi connectivity index (χ4v) is 4.40. The second kappa shape index (κ2) is 8.05. The molecule has 0 unspecified atom stereocenters. The van der Waals surface area contributed by atoms with E-state index in [4.69, 9.17) is 0 Å². The lowest BCUT2D eigenvalue weighted by Gasteiger charge is -2.36. The zero-order valence-corrected chi connectivity index (χ0v) is 18.1. The van der Waals surface area contributed by atoms with Crippen molar-refractivity contribution in [1.29, 1.82) is 0 Å². The number of nitrogens with zero attached hydrogens (tertiary/aromatic N) is 3. The van der Waals surface area contributed by atoms with Crippen molar-refractivity contribution in [2.75, 3.05) is 31.1 Å².